The zero-order valence-electron chi connectivity index (χ0n) is 12.2. The van der Waals surface area contributed by atoms with Crippen LogP contribution in [-0.2, 0) is 6.54 Å². The third kappa shape index (κ3) is 3.60. The standard InChI is InChI=1S/C15H25BrN2S/c1-14(2)5-4-6-15(10-14,11-17)18(3)8-12-7-13(16)19-9-12/h7,9H,4-6,8,10-11,17H2,1-3H3. The van der Waals surface area contributed by atoms with Crippen molar-refractivity contribution in [2.24, 2.45) is 11.1 Å². The Hall–Kier alpha value is 0.1000. The molecule has 1 heterocycles. The van der Waals surface area contributed by atoms with Gasteiger partial charge >= 0.3 is 0 Å². The van der Waals surface area contributed by atoms with Gasteiger partial charge in [-0.1, -0.05) is 20.3 Å². The molecule has 2 nitrogen and oxygen atoms in total. The highest BCUT2D eigenvalue weighted by molar-refractivity contribution is 9.11. The lowest BCUT2D eigenvalue weighted by Gasteiger charge is -2.49. The number of halogens is 1. The number of nitrogens with zero attached hydrogens (tertiary/aromatic N) is 1. The van der Waals surface area contributed by atoms with E-state index >= 15 is 0 Å². The fraction of sp³-hybridized carbons (Fsp3) is 0.733. The molecular formula is C15H25BrN2S. The van der Waals surface area contributed by atoms with Crippen LogP contribution >= 0.6 is 27.3 Å². The molecule has 2 rings (SSSR count). The van der Waals surface area contributed by atoms with Crippen LogP contribution in [-0.4, -0.2) is 24.0 Å². The molecule has 4 heteroatoms. The first kappa shape index (κ1) is 15.5. The minimum Gasteiger partial charge on any atom is -0.329 e. The summed E-state index contributed by atoms with van der Waals surface area (Å²) < 4.78 is 1.21. The minimum atomic E-state index is 0.177. The van der Waals surface area contributed by atoms with E-state index in [1.54, 1.807) is 11.3 Å². The van der Waals surface area contributed by atoms with E-state index in [4.69, 9.17) is 5.73 Å². The van der Waals surface area contributed by atoms with Gasteiger partial charge in [0.25, 0.3) is 0 Å². The zero-order chi connectivity index (χ0) is 14.1. The van der Waals surface area contributed by atoms with E-state index < -0.39 is 0 Å². The molecule has 0 radical (unpaired) electrons. The first-order valence-corrected chi connectivity index (χ1v) is 8.68. The summed E-state index contributed by atoms with van der Waals surface area (Å²) in [6.07, 6.45) is 5.06. The summed E-state index contributed by atoms with van der Waals surface area (Å²) in [5.74, 6) is 0. The Morgan fingerprint density at radius 3 is 2.68 bits per heavy atom. The average Bonchev–Trinajstić information content (AvgIpc) is 2.73. The van der Waals surface area contributed by atoms with Crippen molar-refractivity contribution >= 4 is 27.3 Å². The van der Waals surface area contributed by atoms with Crippen molar-refractivity contribution < 1.29 is 0 Å². The Kier molecular flexibility index (Phi) is 4.76. The molecule has 1 unspecified atom stereocenters. The maximum absolute atomic E-state index is 6.17. The van der Waals surface area contributed by atoms with Crippen LogP contribution in [0.15, 0.2) is 15.2 Å². The number of rotatable bonds is 4. The van der Waals surface area contributed by atoms with Gasteiger partial charge in [-0.05, 0) is 64.7 Å². The lowest BCUT2D eigenvalue weighted by atomic mass is 9.67. The molecule has 1 aliphatic rings. The number of nitrogens with two attached hydrogens (primary N) is 1. The first-order chi connectivity index (χ1) is 8.87. The molecule has 1 atom stereocenters. The third-order valence-corrected chi connectivity index (χ3v) is 6.09. The van der Waals surface area contributed by atoms with Crippen LogP contribution in [0, 0.1) is 5.41 Å². The van der Waals surface area contributed by atoms with Crippen molar-refractivity contribution in [3.05, 3.63) is 20.8 Å². The number of likely N-dealkylation sites (N-methyl/N-ethyl adjacent to an activating group) is 1. The molecule has 108 valence electrons. The zero-order valence-corrected chi connectivity index (χ0v) is 14.6. The maximum atomic E-state index is 6.17. The number of hydrogen-bond acceptors (Lipinski definition) is 3. The Morgan fingerprint density at radius 1 is 1.42 bits per heavy atom. The van der Waals surface area contributed by atoms with Crippen molar-refractivity contribution in [2.45, 2.75) is 51.6 Å². The minimum absolute atomic E-state index is 0.177. The first-order valence-electron chi connectivity index (χ1n) is 7.01. The molecular weight excluding hydrogens is 320 g/mol. The average molecular weight is 345 g/mol. The molecule has 0 aliphatic heterocycles. The van der Waals surface area contributed by atoms with Gasteiger partial charge in [0.1, 0.15) is 0 Å². The third-order valence-electron chi connectivity index (χ3n) is 4.53. The van der Waals surface area contributed by atoms with Crippen LogP contribution in [0.5, 0.6) is 0 Å². The van der Waals surface area contributed by atoms with Crippen LogP contribution in [0.1, 0.15) is 45.1 Å². The number of thiophene rings is 1. The van der Waals surface area contributed by atoms with Gasteiger partial charge in [-0.3, -0.25) is 4.90 Å². The SMILES string of the molecule is CN(Cc1csc(Br)c1)C1(CN)CCCC(C)(C)C1. The van der Waals surface area contributed by atoms with Crippen molar-refractivity contribution in [3.8, 4) is 0 Å². The van der Waals surface area contributed by atoms with Crippen LogP contribution < -0.4 is 5.73 Å². The summed E-state index contributed by atoms with van der Waals surface area (Å²) in [5, 5.41) is 2.23. The van der Waals surface area contributed by atoms with Gasteiger partial charge in [0, 0.05) is 18.6 Å². The summed E-state index contributed by atoms with van der Waals surface area (Å²) in [6.45, 7) is 6.52. The Morgan fingerprint density at radius 2 is 2.16 bits per heavy atom. The van der Waals surface area contributed by atoms with E-state index in [0.717, 1.165) is 13.1 Å². The normalized spacial score (nSPS) is 26.8. The smallest absolute Gasteiger partial charge is 0.0701 e. The molecule has 1 aliphatic carbocycles. The Bertz CT molecular complexity index is 430. The van der Waals surface area contributed by atoms with Gasteiger partial charge in [-0.2, -0.15) is 0 Å². The second-order valence-corrected chi connectivity index (χ2v) is 9.03. The lowest BCUT2D eigenvalue weighted by Crippen LogP contribution is -2.55. The van der Waals surface area contributed by atoms with Gasteiger partial charge in [-0.25, -0.2) is 0 Å². The Balaban J connectivity index is 2.11. The molecule has 1 saturated carbocycles. The molecule has 1 aromatic heterocycles. The largest absolute Gasteiger partial charge is 0.329 e. The summed E-state index contributed by atoms with van der Waals surface area (Å²) >= 11 is 5.30. The van der Waals surface area contributed by atoms with Gasteiger partial charge in [0.15, 0.2) is 0 Å². The van der Waals surface area contributed by atoms with Crippen LogP contribution in [0.3, 0.4) is 0 Å². The quantitative estimate of drug-likeness (QED) is 0.884. The fourth-order valence-corrected chi connectivity index (χ4v) is 4.69. The lowest BCUT2D eigenvalue weighted by molar-refractivity contribution is 0.0224. The fourth-order valence-electron chi connectivity index (χ4n) is 3.49. The second kappa shape index (κ2) is 5.84. The van der Waals surface area contributed by atoms with E-state index in [0.29, 0.717) is 5.41 Å². The van der Waals surface area contributed by atoms with Gasteiger partial charge in [0.05, 0.1) is 3.79 Å². The second-order valence-electron chi connectivity index (χ2n) is 6.74. The highest BCUT2D eigenvalue weighted by atomic mass is 79.9. The van der Waals surface area contributed by atoms with Crippen molar-refractivity contribution in [2.75, 3.05) is 13.6 Å². The van der Waals surface area contributed by atoms with Gasteiger partial charge in [-0.15, -0.1) is 11.3 Å². The van der Waals surface area contributed by atoms with E-state index in [1.807, 2.05) is 0 Å². The molecule has 0 aromatic carbocycles. The van der Waals surface area contributed by atoms with Crippen molar-refractivity contribution in [1.82, 2.24) is 4.90 Å². The highest BCUT2D eigenvalue weighted by Gasteiger charge is 2.41. The van der Waals surface area contributed by atoms with E-state index in [-0.39, 0.29) is 5.54 Å². The molecule has 1 aromatic rings. The summed E-state index contributed by atoms with van der Waals surface area (Å²) in [5.41, 5.74) is 8.15. The summed E-state index contributed by atoms with van der Waals surface area (Å²) in [7, 11) is 2.24. The molecule has 0 saturated heterocycles. The maximum Gasteiger partial charge on any atom is 0.0701 e. The molecule has 1 fully saturated rings. The van der Waals surface area contributed by atoms with E-state index in [2.05, 4.69) is 53.2 Å². The molecule has 0 spiro atoms. The van der Waals surface area contributed by atoms with Crippen molar-refractivity contribution in [1.29, 1.82) is 0 Å². The Labute approximate surface area is 129 Å². The molecule has 19 heavy (non-hydrogen) atoms. The van der Waals surface area contributed by atoms with Crippen LogP contribution in [0.25, 0.3) is 0 Å². The van der Waals surface area contributed by atoms with Crippen molar-refractivity contribution in [3.63, 3.8) is 0 Å². The van der Waals surface area contributed by atoms with Crippen LogP contribution in [0.4, 0.5) is 0 Å². The molecule has 0 amide bonds. The topological polar surface area (TPSA) is 29.3 Å². The van der Waals surface area contributed by atoms with Gasteiger partial charge < -0.3 is 5.73 Å². The predicted octanol–water partition coefficient (Wildman–Crippen LogP) is 4.24. The number of hydrogen-bond donors (Lipinski definition) is 1. The highest BCUT2D eigenvalue weighted by Crippen LogP contribution is 2.43. The molecule has 2 N–H and O–H groups in total. The van der Waals surface area contributed by atoms with E-state index in [1.165, 1.54) is 35.0 Å². The summed E-state index contributed by atoms with van der Waals surface area (Å²) in [4.78, 5) is 2.49. The summed E-state index contributed by atoms with van der Waals surface area (Å²) in [6, 6.07) is 2.22. The molecule has 0 bridgehead atoms. The van der Waals surface area contributed by atoms with E-state index in [9.17, 15) is 0 Å². The predicted molar refractivity (Wildman–Crippen MR) is 87.5 cm³/mol. The van der Waals surface area contributed by atoms with Crippen LogP contribution in [0.2, 0.25) is 0 Å². The van der Waals surface area contributed by atoms with Gasteiger partial charge in [0.2, 0.25) is 0 Å². The monoisotopic (exact) mass is 344 g/mol.